The molecule has 8 heteroatoms. The fourth-order valence-electron chi connectivity index (χ4n) is 2.39. The van der Waals surface area contributed by atoms with Crippen LogP contribution in [0.2, 0.25) is 0 Å². The van der Waals surface area contributed by atoms with Gasteiger partial charge in [0.05, 0.1) is 24.3 Å². The molecule has 1 N–H and O–H groups in total. The van der Waals surface area contributed by atoms with Crippen molar-refractivity contribution in [2.24, 2.45) is 0 Å². The van der Waals surface area contributed by atoms with Crippen LogP contribution in [0.25, 0.3) is 11.6 Å². The molecule has 148 valence electrons. The first-order valence-electron chi connectivity index (χ1n) is 8.13. The first-order chi connectivity index (χ1) is 13.3. The molecule has 0 fully saturated rings. The number of nitrogens with zero attached hydrogens (tertiary/aromatic N) is 1. The minimum Gasteiger partial charge on any atom is -0.496 e. The number of methoxy groups -OCH3 is 2. The maximum absolute atomic E-state index is 11.9. The molecule has 0 spiro atoms. The lowest BCUT2D eigenvalue weighted by atomic mass is 10.0. The molecule has 0 amide bonds. The number of rotatable bonds is 6. The van der Waals surface area contributed by atoms with E-state index in [0.717, 1.165) is 0 Å². The molecule has 0 saturated heterocycles. The zero-order valence-electron chi connectivity index (χ0n) is 15.9. The van der Waals surface area contributed by atoms with Gasteiger partial charge < -0.3 is 24.2 Å². The van der Waals surface area contributed by atoms with E-state index in [2.05, 4.69) is 15.9 Å². The van der Waals surface area contributed by atoms with Gasteiger partial charge in [-0.15, -0.1) is 0 Å². The standard InChI is InChI=1S/C20H20BrNO5S/c1-22(2)20(28)27-18-15(21)10-12(11-17(18)26-4)9-14(19(23)24)13-7-5-6-8-16(13)25-3/h5-11H,1-4H3,(H,23,24)/b14-9+. The van der Waals surface area contributed by atoms with Gasteiger partial charge in [0.2, 0.25) is 0 Å². The maximum atomic E-state index is 11.9. The summed E-state index contributed by atoms with van der Waals surface area (Å²) in [6.07, 6.45) is 1.54. The number of hydrogen-bond acceptors (Lipinski definition) is 5. The van der Waals surface area contributed by atoms with Crippen LogP contribution >= 0.6 is 28.1 Å². The lowest BCUT2D eigenvalue weighted by Crippen LogP contribution is -2.25. The number of thiocarbonyl (C=S) groups is 1. The fourth-order valence-corrected chi connectivity index (χ4v) is 3.01. The van der Waals surface area contributed by atoms with Gasteiger partial charge in [-0.3, -0.25) is 0 Å². The number of carbonyl (C=O) groups is 1. The molecule has 0 unspecified atom stereocenters. The number of hydrogen-bond donors (Lipinski definition) is 1. The Bertz CT molecular complexity index is 927. The van der Waals surface area contributed by atoms with Gasteiger partial charge in [-0.25, -0.2) is 4.79 Å². The summed E-state index contributed by atoms with van der Waals surface area (Å²) in [5.41, 5.74) is 1.17. The second-order valence-corrected chi connectivity index (χ2v) is 7.06. The van der Waals surface area contributed by atoms with E-state index in [-0.39, 0.29) is 10.7 Å². The van der Waals surface area contributed by atoms with E-state index in [9.17, 15) is 9.90 Å². The van der Waals surface area contributed by atoms with Gasteiger partial charge in [0, 0.05) is 19.7 Å². The summed E-state index contributed by atoms with van der Waals surface area (Å²) in [4.78, 5) is 13.5. The van der Waals surface area contributed by atoms with E-state index >= 15 is 0 Å². The largest absolute Gasteiger partial charge is 0.496 e. The Labute approximate surface area is 177 Å². The van der Waals surface area contributed by atoms with Crippen molar-refractivity contribution in [3.05, 3.63) is 52.0 Å². The second kappa shape index (κ2) is 9.57. The van der Waals surface area contributed by atoms with E-state index in [0.29, 0.717) is 32.8 Å². The quantitative estimate of drug-likeness (QED) is 0.387. The lowest BCUT2D eigenvalue weighted by molar-refractivity contribution is -0.130. The first kappa shape index (κ1) is 21.7. The fraction of sp³-hybridized carbons (Fsp3) is 0.200. The lowest BCUT2D eigenvalue weighted by Gasteiger charge is -2.17. The van der Waals surface area contributed by atoms with E-state index in [4.69, 9.17) is 26.4 Å². The molecule has 0 aliphatic rings. The van der Waals surface area contributed by atoms with Crippen molar-refractivity contribution in [3.8, 4) is 17.2 Å². The van der Waals surface area contributed by atoms with Gasteiger partial charge in [0.15, 0.2) is 11.5 Å². The van der Waals surface area contributed by atoms with Gasteiger partial charge in [-0.05, 0) is 58.0 Å². The van der Waals surface area contributed by atoms with E-state index in [1.54, 1.807) is 61.5 Å². The van der Waals surface area contributed by atoms with Crippen molar-refractivity contribution < 1.29 is 24.1 Å². The molecule has 0 bridgehead atoms. The Morgan fingerprint density at radius 1 is 1.14 bits per heavy atom. The third-order valence-electron chi connectivity index (χ3n) is 3.74. The zero-order chi connectivity index (χ0) is 20.8. The molecule has 0 saturated carbocycles. The summed E-state index contributed by atoms with van der Waals surface area (Å²) >= 11 is 8.62. The van der Waals surface area contributed by atoms with Crippen LogP contribution in [0, 0.1) is 0 Å². The molecular weight excluding hydrogens is 446 g/mol. The molecular formula is C20H20BrNO5S. The maximum Gasteiger partial charge on any atom is 0.336 e. The van der Waals surface area contributed by atoms with Crippen LogP contribution < -0.4 is 14.2 Å². The van der Waals surface area contributed by atoms with Gasteiger partial charge in [0.1, 0.15) is 5.75 Å². The third-order valence-corrected chi connectivity index (χ3v) is 4.78. The summed E-state index contributed by atoms with van der Waals surface area (Å²) in [6, 6.07) is 10.3. The first-order valence-corrected chi connectivity index (χ1v) is 9.33. The molecule has 0 aromatic heterocycles. The summed E-state index contributed by atoms with van der Waals surface area (Å²) in [5, 5.41) is 9.99. The molecule has 0 aliphatic heterocycles. The van der Waals surface area contributed by atoms with Crippen molar-refractivity contribution in [3.63, 3.8) is 0 Å². The molecule has 6 nitrogen and oxygen atoms in total. The van der Waals surface area contributed by atoms with Crippen LogP contribution in [0.1, 0.15) is 11.1 Å². The molecule has 0 atom stereocenters. The zero-order valence-corrected chi connectivity index (χ0v) is 18.3. The summed E-state index contributed by atoms with van der Waals surface area (Å²) in [6.45, 7) is 0. The Morgan fingerprint density at radius 3 is 2.36 bits per heavy atom. The molecule has 28 heavy (non-hydrogen) atoms. The predicted molar refractivity (Wildman–Crippen MR) is 116 cm³/mol. The molecule has 2 aromatic rings. The van der Waals surface area contributed by atoms with E-state index in [1.165, 1.54) is 14.2 Å². The number of ether oxygens (including phenoxy) is 3. The molecule has 2 rings (SSSR count). The monoisotopic (exact) mass is 465 g/mol. The number of carboxylic acid groups (broad SMARTS) is 1. The molecule has 0 radical (unpaired) electrons. The number of carboxylic acids is 1. The highest BCUT2D eigenvalue weighted by molar-refractivity contribution is 9.10. The van der Waals surface area contributed by atoms with Crippen LogP contribution in [0.3, 0.4) is 0 Å². The number of para-hydroxylation sites is 1. The van der Waals surface area contributed by atoms with E-state index < -0.39 is 5.97 Å². The number of aliphatic carboxylic acids is 1. The van der Waals surface area contributed by atoms with E-state index in [1.807, 2.05) is 0 Å². The van der Waals surface area contributed by atoms with Gasteiger partial charge in [-0.2, -0.15) is 0 Å². The van der Waals surface area contributed by atoms with Crippen molar-refractivity contribution in [2.75, 3.05) is 28.3 Å². The summed E-state index contributed by atoms with van der Waals surface area (Å²) < 4.78 is 17.0. The highest BCUT2D eigenvalue weighted by Gasteiger charge is 2.18. The van der Waals surface area contributed by atoms with Crippen molar-refractivity contribution in [1.29, 1.82) is 0 Å². The molecule has 2 aromatic carbocycles. The van der Waals surface area contributed by atoms with Crippen molar-refractivity contribution >= 4 is 50.9 Å². The number of halogens is 1. The predicted octanol–water partition coefficient (Wildman–Crippen LogP) is 4.32. The van der Waals surface area contributed by atoms with Crippen LogP contribution in [0.4, 0.5) is 0 Å². The Morgan fingerprint density at radius 2 is 1.79 bits per heavy atom. The highest BCUT2D eigenvalue weighted by Crippen LogP contribution is 2.38. The van der Waals surface area contributed by atoms with Crippen LogP contribution in [-0.2, 0) is 4.79 Å². The number of benzene rings is 2. The minimum absolute atomic E-state index is 0.0869. The normalized spacial score (nSPS) is 11.0. The Kier molecular flexibility index (Phi) is 7.42. The van der Waals surface area contributed by atoms with Crippen molar-refractivity contribution in [1.82, 2.24) is 4.90 Å². The SMILES string of the molecule is COc1ccccc1/C(=C\c1cc(Br)c(OC(=S)N(C)C)c(OC)c1)C(=O)O. The molecule has 0 heterocycles. The summed E-state index contributed by atoms with van der Waals surface area (Å²) in [7, 11) is 6.54. The average molecular weight is 466 g/mol. The average Bonchev–Trinajstić information content (AvgIpc) is 2.67. The van der Waals surface area contributed by atoms with Crippen LogP contribution in [0.5, 0.6) is 17.2 Å². The minimum atomic E-state index is -1.08. The van der Waals surface area contributed by atoms with Gasteiger partial charge in [0.25, 0.3) is 5.17 Å². The van der Waals surface area contributed by atoms with Crippen LogP contribution in [-0.4, -0.2) is 49.5 Å². The Hall–Kier alpha value is -2.58. The van der Waals surface area contributed by atoms with Gasteiger partial charge in [-0.1, -0.05) is 18.2 Å². The Balaban J connectivity index is 2.55. The summed E-state index contributed by atoms with van der Waals surface area (Å²) in [5.74, 6) is 0.217. The van der Waals surface area contributed by atoms with Crippen LogP contribution in [0.15, 0.2) is 40.9 Å². The van der Waals surface area contributed by atoms with Gasteiger partial charge >= 0.3 is 5.97 Å². The topological polar surface area (TPSA) is 68.2 Å². The second-order valence-electron chi connectivity index (χ2n) is 5.86. The smallest absolute Gasteiger partial charge is 0.336 e. The highest BCUT2D eigenvalue weighted by atomic mass is 79.9. The molecule has 0 aliphatic carbocycles. The van der Waals surface area contributed by atoms with Crippen molar-refractivity contribution in [2.45, 2.75) is 0 Å². The third kappa shape index (κ3) is 5.02.